The van der Waals surface area contributed by atoms with Crippen molar-refractivity contribution in [2.75, 3.05) is 6.61 Å². The number of fused-ring (bicyclic) bond motifs is 5. The van der Waals surface area contributed by atoms with Crippen LogP contribution in [0, 0.1) is 6.92 Å². The molecule has 9 heteroatoms. The molecule has 32 heavy (non-hydrogen) atoms. The van der Waals surface area contributed by atoms with Crippen molar-refractivity contribution in [2.45, 2.75) is 13.8 Å². The second kappa shape index (κ2) is 7.38. The number of esters is 1. The van der Waals surface area contributed by atoms with Gasteiger partial charge in [0, 0.05) is 11.1 Å². The van der Waals surface area contributed by atoms with Crippen molar-refractivity contribution in [3.8, 4) is 0 Å². The molecule has 0 aliphatic carbocycles. The van der Waals surface area contributed by atoms with Gasteiger partial charge in [0.2, 0.25) is 11.6 Å². The number of aromatic nitrogens is 5. The van der Waals surface area contributed by atoms with Crippen LogP contribution in [0.4, 0.5) is 0 Å². The Hall–Kier alpha value is -4.40. The largest absolute Gasteiger partial charge is 0.462 e. The van der Waals surface area contributed by atoms with Gasteiger partial charge in [0.15, 0.2) is 5.78 Å². The number of ketones is 1. The van der Waals surface area contributed by atoms with Gasteiger partial charge in [0.25, 0.3) is 5.56 Å². The van der Waals surface area contributed by atoms with Crippen molar-refractivity contribution in [3.05, 3.63) is 87.6 Å². The van der Waals surface area contributed by atoms with E-state index in [-0.39, 0.29) is 23.7 Å². The van der Waals surface area contributed by atoms with Crippen LogP contribution in [-0.4, -0.2) is 42.1 Å². The molecule has 5 aromatic rings. The number of carbonyl (C=O) groups excluding carboxylic acids is 2. The van der Waals surface area contributed by atoms with Gasteiger partial charge in [-0.25, -0.2) is 23.6 Å². The van der Waals surface area contributed by atoms with E-state index in [1.165, 1.54) is 10.6 Å². The number of benzene rings is 2. The van der Waals surface area contributed by atoms with E-state index in [2.05, 4.69) is 15.0 Å². The summed E-state index contributed by atoms with van der Waals surface area (Å²) < 4.78 is 7.79. The number of hydrogen-bond acceptors (Lipinski definition) is 7. The minimum absolute atomic E-state index is 0.137. The molecule has 0 fully saturated rings. The molecule has 3 heterocycles. The van der Waals surface area contributed by atoms with Crippen LogP contribution in [0.3, 0.4) is 0 Å². The lowest BCUT2D eigenvalue weighted by Crippen LogP contribution is -2.27. The van der Waals surface area contributed by atoms with E-state index < -0.39 is 11.5 Å². The normalized spacial score (nSPS) is 11.3. The summed E-state index contributed by atoms with van der Waals surface area (Å²) in [6, 6.07) is 14.1. The van der Waals surface area contributed by atoms with Crippen molar-refractivity contribution < 1.29 is 14.3 Å². The van der Waals surface area contributed by atoms with Crippen LogP contribution in [-0.2, 0) is 4.74 Å². The fourth-order valence-electron chi connectivity index (χ4n) is 3.67. The third-order valence-electron chi connectivity index (χ3n) is 5.16. The zero-order chi connectivity index (χ0) is 22.4. The maximum atomic E-state index is 13.0. The lowest BCUT2D eigenvalue weighted by atomic mass is 10.0. The molecule has 158 valence electrons. The molecule has 0 aliphatic heterocycles. The van der Waals surface area contributed by atoms with E-state index in [0.717, 1.165) is 0 Å². The highest BCUT2D eigenvalue weighted by Gasteiger charge is 2.20. The van der Waals surface area contributed by atoms with Gasteiger partial charge in [-0.2, -0.15) is 4.98 Å². The maximum absolute atomic E-state index is 13.0. The van der Waals surface area contributed by atoms with Gasteiger partial charge in [-0.3, -0.25) is 9.59 Å². The van der Waals surface area contributed by atoms with Gasteiger partial charge in [-0.1, -0.05) is 30.3 Å². The number of hydrogen-bond donors (Lipinski definition) is 0. The third kappa shape index (κ3) is 2.94. The average molecular weight is 427 g/mol. The van der Waals surface area contributed by atoms with Gasteiger partial charge >= 0.3 is 5.97 Å². The Kier molecular flexibility index (Phi) is 4.51. The number of nitrogens with zero attached hydrogens (tertiary/aromatic N) is 5. The number of rotatable bonds is 4. The van der Waals surface area contributed by atoms with Crippen molar-refractivity contribution in [2.24, 2.45) is 0 Å². The summed E-state index contributed by atoms with van der Waals surface area (Å²) in [5, 5.41) is 0. The van der Waals surface area contributed by atoms with E-state index in [4.69, 9.17) is 4.74 Å². The number of carbonyl (C=O) groups is 2. The standard InChI is InChI=1S/C23H17N5O4/c1-3-32-21(31)16-12-24-23-27(20(16)30)13(2)25-22-26-17-10-9-15(11-18(17)28(22)23)19(29)14-7-5-4-6-8-14/h4-12H,3H2,1-2H3. The van der Waals surface area contributed by atoms with E-state index in [1.54, 1.807) is 60.7 Å². The predicted octanol–water partition coefficient (Wildman–Crippen LogP) is 2.61. The first-order valence-electron chi connectivity index (χ1n) is 9.97. The molecule has 0 unspecified atom stereocenters. The Labute approximate surface area is 180 Å². The van der Waals surface area contributed by atoms with Crippen molar-refractivity contribution >= 4 is 34.3 Å². The summed E-state index contributed by atoms with van der Waals surface area (Å²) in [5.74, 6) is 0.00803. The second-order valence-corrected chi connectivity index (χ2v) is 7.14. The highest BCUT2D eigenvalue weighted by molar-refractivity contribution is 6.10. The maximum Gasteiger partial charge on any atom is 0.345 e. The molecule has 0 spiro atoms. The molecular formula is C23H17N5O4. The topological polar surface area (TPSA) is 108 Å². The number of ether oxygens (including phenoxy) is 1. The second-order valence-electron chi connectivity index (χ2n) is 7.14. The first kappa shape index (κ1) is 19.6. The third-order valence-corrected chi connectivity index (χ3v) is 5.16. The molecule has 2 aromatic carbocycles. The predicted molar refractivity (Wildman–Crippen MR) is 116 cm³/mol. The van der Waals surface area contributed by atoms with Crippen molar-refractivity contribution in [1.29, 1.82) is 0 Å². The smallest absolute Gasteiger partial charge is 0.345 e. The van der Waals surface area contributed by atoms with Crippen LogP contribution in [0.25, 0.3) is 22.6 Å². The Morgan fingerprint density at radius 1 is 1.00 bits per heavy atom. The molecule has 0 N–H and O–H groups in total. The molecule has 0 bridgehead atoms. The Balaban J connectivity index is 1.78. The Bertz CT molecular complexity index is 1600. The molecule has 5 rings (SSSR count). The molecular weight excluding hydrogens is 410 g/mol. The highest BCUT2D eigenvalue weighted by atomic mass is 16.5. The van der Waals surface area contributed by atoms with E-state index in [1.807, 2.05) is 6.07 Å². The monoisotopic (exact) mass is 427 g/mol. The van der Waals surface area contributed by atoms with Crippen molar-refractivity contribution in [3.63, 3.8) is 0 Å². The van der Waals surface area contributed by atoms with Gasteiger partial charge < -0.3 is 4.74 Å². The lowest BCUT2D eigenvalue weighted by Gasteiger charge is -2.08. The molecule has 0 amide bonds. The molecule has 0 atom stereocenters. The van der Waals surface area contributed by atoms with E-state index in [0.29, 0.717) is 33.8 Å². The fraction of sp³-hybridized carbons (Fsp3) is 0.130. The van der Waals surface area contributed by atoms with Crippen LogP contribution >= 0.6 is 0 Å². The number of imidazole rings is 1. The number of aryl methyl sites for hydroxylation is 1. The van der Waals surface area contributed by atoms with Gasteiger partial charge in [-0.15, -0.1) is 0 Å². The minimum atomic E-state index is -0.745. The average Bonchev–Trinajstić information content (AvgIpc) is 3.16. The van der Waals surface area contributed by atoms with Crippen LogP contribution in [0.15, 0.2) is 59.5 Å². The molecule has 3 aromatic heterocycles. The lowest BCUT2D eigenvalue weighted by molar-refractivity contribution is 0.0523. The Morgan fingerprint density at radius 2 is 1.78 bits per heavy atom. The zero-order valence-electron chi connectivity index (χ0n) is 17.3. The summed E-state index contributed by atoms with van der Waals surface area (Å²) in [5.41, 5.74) is 1.43. The fourth-order valence-corrected chi connectivity index (χ4v) is 3.67. The molecule has 0 radical (unpaired) electrons. The van der Waals surface area contributed by atoms with Crippen LogP contribution in [0.1, 0.15) is 39.0 Å². The summed E-state index contributed by atoms with van der Waals surface area (Å²) >= 11 is 0. The quantitative estimate of drug-likeness (QED) is 0.320. The first-order valence-corrected chi connectivity index (χ1v) is 9.97. The summed E-state index contributed by atoms with van der Waals surface area (Å²) in [7, 11) is 0. The minimum Gasteiger partial charge on any atom is -0.462 e. The SMILES string of the molecule is CCOC(=O)c1cnc2n(c(C)nc3nc4ccc(C(=O)c5ccccc5)cc4n32)c1=O. The highest BCUT2D eigenvalue weighted by Crippen LogP contribution is 2.21. The van der Waals surface area contributed by atoms with E-state index >= 15 is 0 Å². The zero-order valence-corrected chi connectivity index (χ0v) is 17.3. The van der Waals surface area contributed by atoms with Crippen LogP contribution in [0.5, 0.6) is 0 Å². The van der Waals surface area contributed by atoms with Crippen molar-refractivity contribution in [1.82, 2.24) is 23.8 Å². The molecule has 0 saturated carbocycles. The summed E-state index contributed by atoms with van der Waals surface area (Å²) in [6.45, 7) is 3.43. The summed E-state index contributed by atoms with van der Waals surface area (Å²) in [4.78, 5) is 51.4. The summed E-state index contributed by atoms with van der Waals surface area (Å²) in [6.07, 6.45) is 1.19. The Morgan fingerprint density at radius 3 is 2.53 bits per heavy atom. The van der Waals surface area contributed by atoms with Crippen LogP contribution < -0.4 is 5.56 Å². The van der Waals surface area contributed by atoms with Crippen LogP contribution in [0.2, 0.25) is 0 Å². The molecule has 0 aliphatic rings. The molecule has 0 saturated heterocycles. The van der Waals surface area contributed by atoms with Gasteiger partial charge in [-0.05, 0) is 32.0 Å². The van der Waals surface area contributed by atoms with Gasteiger partial charge in [0.05, 0.1) is 23.8 Å². The molecule has 9 nitrogen and oxygen atoms in total. The first-order chi connectivity index (χ1) is 15.5. The van der Waals surface area contributed by atoms with Gasteiger partial charge in [0.1, 0.15) is 11.4 Å². The van der Waals surface area contributed by atoms with E-state index in [9.17, 15) is 14.4 Å².